The van der Waals surface area contributed by atoms with Gasteiger partial charge in [-0.1, -0.05) is 11.3 Å². The Balaban J connectivity index is 0.00000243. The highest BCUT2D eigenvalue weighted by atomic mass is 35.5. The molecule has 2 heterocycles. The van der Waals surface area contributed by atoms with E-state index in [2.05, 4.69) is 20.9 Å². The molecule has 0 atom stereocenters. The zero-order valence-electron chi connectivity index (χ0n) is 13.4. The smallest absolute Gasteiger partial charge is 0.348 e. The predicted molar refractivity (Wildman–Crippen MR) is 86.9 cm³/mol. The van der Waals surface area contributed by atoms with Crippen LogP contribution in [0.1, 0.15) is 29.0 Å². The first-order valence-corrected chi connectivity index (χ1v) is 7.66. The predicted octanol–water partition coefficient (Wildman–Crippen LogP) is 2.33. The molecule has 1 aliphatic heterocycles. The van der Waals surface area contributed by atoms with Crippen LogP contribution in [0.4, 0.5) is 17.6 Å². The van der Waals surface area contributed by atoms with Gasteiger partial charge in [-0.05, 0) is 44.1 Å². The molecule has 3 rings (SSSR count). The molecule has 0 spiro atoms. The van der Waals surface area contributed by atoms with E-state index < -0.39 is 29.3 Å². The number of alkyl halides is 3. The Labute approximate surface area is 152 Å². The van der Waals surface area contributed by atoms with E-state index in [1.54, 1.807) is 0 Å². The third-order valence-electron chi connectivity index (χ3n) is 3.88. The lowest BCUT2D eigenvalue weighted by Gasteiger charge is -2.23. The molecule has 0 aliphatic carbocycles. The Hall–Kier alpha value is -2.20. The van der Waals surface area contributed by atoms with Crippen molar-refractivity contribution < 1.29 is 22.4 Å². The molecule has 1 aromatic carbocycles. The van der Waals surface area contributed by atoms with Crippen molar-refractivity contribution in [3.05, 3.63) is 41.5 Å². The molecule has 0 radical (unpaired) electrons. The Kier molecular flexibility index (Phi) is 6.19. The van der Waals surface area contributed by atoms with Crippen molar-refractivity contribution in [2.24, 2.45) is 0 Å². The number of nitrogens with one attached hydrogen (secondary N) is 2. The molecule has 26 heavy (non-hydrogen) atoms. The molecule has 2 aromatic rings. The maximum absolute atomic E-state index is 13.5. The van der Waals surface area contributed by atoms with Crippen LogP contribution >= 0.6 is 12.4 Å². The van der Waals surface area contributed by atoms with Crippen LogP contribution in [0, 0.1) is 5.82 Å². The van der Waals surface area contributed by atoms with Gasteiger partial charge in [0.25, 0.3) is 5.91 Å². The summed E-state index contributed by atoms with van der Waals surface area (Å²) in [5.41, 5.74) is -2.32. The summed E-state index contributed by atoms with van der Waals surface area (Å²) in [6, 6.07) is 4.26. The summed E-state index contributed by atoms with van der Waals surface area (Å²) in [4.78, 5) is 12.3. The summed E-state index contributed by atoms with van der Waals surface area (Å²) in [5, 5.41) is 12.5. The van der Waals surface area contributed by atoms with Crippen LogP contribution in [0.5, 0.6) is 0 Å². The number of carbonyl (C=O) groups excluding carboxylic acids is 1. The lowest BCUT2D eigenvalue weighted by Crippen LogP contribution is -2.43. The number of piperidine rings is 1. The number of carbonyl (C=O) groups is 1. The van der Waals surface area contributed by atoms with Crippen molar-refractivity contribution in [2.75, 3.05) is 13.1 Å². The van der Waals surface area contributed by atoms with Crippen molar-refractivity contribution in [3.63, 3.8) is 0 Å². The van der Waals surface area contributed by atoms with Gasteiger partial charge in [0.2, 0.25) is 0 Å². The molecule has 2 N–H and O–H groups in total. The number of nitrogens with zero attached hydrogens (tertiary/aromatic N) is 3. The fourth-order valence-electron chi connectivity index (χ4n) is 2.70. The molecule has 142 valence electrons. The van der Waals surface area contributed by atoms with Gasteiger partial charge in [-0.25, -0.2) is 9.07 Å². The molecular weight excluding hydrogens is 378 g/mol. The molecule has 11 heteroatoms. The quantitative estimate of drug-likeness (QED) is 0.785. The van der Waals surface area contributed by atoms with E-state index in [9.17, 15) is 22.4 Å². The van der Waals surface area contributed by atoms with Gasteiger partial charge in [-0.2, -0.15) is 13.2 Å². The molecule has 1 fully saturated rings. The fraction of sp³-hybridized carbons (Fsp3) is 0.400. The lowest BCUT2D eigenvalue weighted by molar-refractivity contribution is -0.143. The number of amides is 1. The minimum Gasteiger partial charge on any atom is -0.348 e. The summed E-state index contributed by atoms with van der Waals surface area (Å²) in [5.74, 6) is -1.66. The normalized spacial score (nSPS) is 15.4. The van der Waals surface area contributed by atoms with E-state index in [0.717, 1.165) is 12.1 Å². The van der Waals surface area contributed by atoms with Crippen molar-refractivity contribution in [1.82, 2.24) is 25.6 Å². The maximum atomic E-state index is 13.5. The van der Waals surface area contributed by atoms with Gasteiger partial charge in [0.1, 0.15) is 5.82 Å². The molecule has 0 bridgehead atoms. The SMILES string of the molecule is Cl.O=C(NC1CCNCC1)c1nnn(-c2cccc(F)c2)c1C(F)(F)F. The fourth-order valence-corrected chi connectivity index (χ4v) is 2.70. The molecule has 0 saturated carbocycles. The van der Waals surface area contributed by atoms with Crippen LogP contribution in [-0.4, -0.2) is 40.0 Å². The third-order valence-corrected chi connectivity index (χ3v) is 3.88. The Bertz CT molecular complexity index is 774. The van der Waals surface area contributed by atoms with Crippen LogP contribution < -0.4 is 10.6 Å². The number of hydrogen-bond donors (Lipinski definition) is 2. The van der Waals surface area contributed by atoms with Crippen LogP contribution in [0.15, 0.2) is 24.3 Å². The van der Waals surface area contributed by atoms with Gasteiger partial charge in [-0.15, -0.1) is 17.5 Å². The van der Waals surface area contributed by atoms with Crippen molar-refractivity contribution in [2.45, 2.75) is 25.1 Å². The number of halogens is 5. The van der Waals surface area contributed by atoms with E-state index in [-0.39, 0.29) is 24.1 Å². The topological polar surface area (TPSA) is 71.8 Å². The van der Waals surface area contributed by atoms with Gasteiger partial charge in [0.15, 0.2) is 11.4 Å². The van der Waals surface area contributed by atoms with Gasteiger partial charge in [-0.3, -0.25) is 4.79 Å². The highest BCUT2D eigenvalue weighted by Crippen LogP contribution is 2.32. The first-order chi connectivity index (χ1) is 11.9. The second-order valence-electron chi connectivity index (χ2n) is 5.67. The lowest BCUT2D eigenvalue weighted by atomic mass is 10.1. The van der Waals surface area contributed by atoms with Gasteiger partial charge >= 0.3 is 6.18 Å². The molecule has 1 aromatic heterocycles. The molecule has 6 nitrogen and oxygen atoms in total. The Morgan fingerprint density at radius 3 is 2.58 bits per heavy atom. The number of rotatable bonds is 3. The second-order valence-corrected chi connectivity index (χ2v) is 5.67. The Morgan fingerprint density at radius 2 is 1.96 bits per heavy atom. The molecule has 1 aliphatic rings. The van der Waals surface area contributed by atoms with Gasteiger partial charge < -0.3 is 10.6 Å². The summed E-state index contributed by atoms with van der Waals surface area (Å²) in [7, 11) is 0. The molecule has 1 saturated heterocycles. The number of hydrogen-bond acceptors (Lipinski definition) is 4. The van der Waals surface area contributed by atoms with E-state index in [1.807, 2.05) is 0 Å². The summed E-state index contributed by atoms with van der Waals surface area (Å²) >= 11 is 0. The molecular formula is C15H16ClF4N5O. The average molecular weight is 394 g/mol. The van der Waals surface area contributed by atoms with Crippen molar-refractivity contribution >= 4 is 18.3 Å². The highest BCUT2D eigenvalue weighted by Gasteiger charge is 2.42. The van der Waals surface area contributed by atoms with Crippen LogP contribution in [0.2, 0.25) is 0 Å². The zero-order valence-corrected chi connectivity index (χ0v) is 14.2. The van der Waals surface area contributed by atoms with Crippen molar-refractivity contribution in [1.29, 1.82) is 0 Å². The monoisotopic (exact) mass is 393 g/mol. The maximum Gasteiger partial charge on any atom is 0.435 e. The number of aromatic nitrogens is 3. The first-order valence-electron chi connectivity index (χ1n) is 7.66. The molecule has 0 unspecified atom stereocenters. The number of benzene rings is 1. The Morgan fingerprint density at radius 1 is 1.27 bits per heavy atom. The second kappa shape index (κ2) is 8.00. The van der Waals surface area contributed by atoms with E-state index in [1.165, 1.54) is 12.1 Å². The zero-order chi connectivity index (χ0) is 18.0. The van der Waals surface area contributed by atoms with E-state index in [4.69, 9.17) is 0 Å². The van der Waals surface area contributed by atoms with E-state index >= 15 is 0 Å². The van der Waals surface area contributed by atoms with Crippen LogP contribution in [-0.2, 0) is 6.18 Å². The minimum atomic E-state index is -4.88. The molecule has 1 amide bonds. The van der Waals surface area contributed by atoms with E-state index in [0.29, 0.717) is 30.6 Å². The van der Waals surface area contributed by atoms with Gasteiger partial charge in [0.05, 0.1) is 5.69 Å². The standard InChI is InChI=1S/C15H15F4N5O.ClH/c16-9-2-1-3-11(8-9)24-13(15(17,18)19)12(22-23-24)14(25)21-10-4-6-20-7-5-10;/h1-3,8,10,20H,4-7H2,(H,21,25);1H. The minimum absolute atomic E-state index is 0. The highest BCUT2D eigenvalue weighted by molar-refractivity contribution is 5.93. The van der Waals surface area contributed by atoms with Crippen LogP contribution in [0.25, 0.3) is 5.69 Å². The summed E-state index contributed by atoms with van der Waals surface area (Å²) in [6.07, 6.45) is -3.65. The summed E-state index contributed by atoms with van der Waals surface area (Å²) in [6.45, 7) is 1.35. The summed E-state index contributed by atoms with van der Waals surface area (Å²) < 4.78 is 54.2. The average Bonchev–Trinajstić information content (AvgIpc) is 3.01. The van der Waals surface area contributed by atoms with Gasteiger partial charge in [0, 0.05) is 6.04 Å². The van der Waals surface area contributed by atoms with Crippen molar-refractivity contribution in [3.8, 4) is 5.69 Å². The van der Waals surface area contributed by atoms with Crippen LogP contribution in [0.3, 0.4) is 0 Å². The first kappa shape index (κ1) is 20.1. The largest absolute Gasteiger partial charge is 0.435 e. The third kappa shape index (κ3) is 4.31.